The van der Waals surface area contributed by atoms with Crippen LogP contribution in [0, 0.1) is 19.8 Å². The van der Waals surface area contributed by atoms with E-state index in [1.54, 1.807) is 22.2 Å². The lowest BCUT2D eigenvalue weighted by Crippen LogP contribution is -2.34. The van der Waals surface area contributed by atoms with Crippen molar-refractivity contribution in [3.05, 3.63) is 81.1 Å². The van der Waals surface area contributed by atoms with Crippen LogP contribution in [0.4, 0.5) is 5.69 Å². The second-order valence-corrected chi connectivity index (χ2v) is 9.73. The number of anilines is 1. The van der Waals surface area contributed by atoms with Gasteiger partial charge in [-0.1, -0.05) is 29.8 Å². The van der Waals surface area contributed by atoms with E-state index in [1.807, 2.05) is 32.0 Å². The molecule has 0 aliphatic carbocycles. The van der Waals surface area contributed by atoms with Gasteiger partial charge in [0.25, 0.3) is 5.56 Å². The molecular weight excluding hydrogens is 440 g/mol. The van der Waals surface area contributed by atoms with Gasteiger partial charge in [0.05, 0.1) is 26.8 Å². The second-order valence-electron chi connectivity index (χ2n) is 8.51. The van der Waals surface area contributed by atoms with Crippen molar-refractivity contribution in [3.8, 4) is 5.69 Å². The molecule has 5 rings (SSSR count). The van der Waals surface area contributed by atoms with Gasteiger partial charge >= 0.3 is 0 Å². The molecule has 0 spiro atoms. The first-order valence-electron chi connectivity index (χ1n) is 10.9. The van der Waals surface area contributed by atoms with Crippen molar-refractivity contribution in [3.63, 3.8) is 0 Å². The molecule has 32 heavy (non-hydrogen) atoms. The maximum atomic E-state index is 12.5. The summed E-state index contributed by atoms with van der Waals surface area (Å²) in [6, 6.07) is 15.9. The largest absolute Gasteiger partial charge is 0.370 e. The summed E-state index contributed by atoms with van der Waals surface area (Å²) in [4.78, 5) is 19.2. The van der Waals surface area contributed by atoms with Gasteiger partial charge in [-0.2, -0.15) is 4.37 Å². The van der Waals surface area contributed by atoms with Gasteiger partial charge in [0.2, 0.25) is 0 Å². The van der Waals surface area contributed by atoms with Gasteiger partial charge in [-0.15, -0.1) is 0 Å². The van der Waals surface area contributed by atoms with Crippen LogP contribution in [0.2, 0.25) is 5.02 Å². The average molecular weight is 465 g/mol. The molecule has 1 saturated heterocycles. The first kappa shape index (κ1) is 21.2. The summed E-state index contributed by atoms with van der Waals surface area (Å²) in [5.74, 6) is 1.30. The zero-order valence-corrected chi connectivity index (χ0v) is 19.8. The number of halogens is 1. The normalized spacial score (nSPS) is 14.9. The highest BCUT2D eigenvalue weighted by molar-refractivity contribution is 7.13. The van der Waals surface area contributed by atoms with E-state index in [-0.39, 0.29) is 5.56 Å². The van der Waals surface area contributed by atoms with E-state index in [1.165, 1.54) is 15.8 Å². The van der Waals surface area contributed by atoms with Gasteiger partial charge in [0.1, 0.15) is 5.82 Å². The molecular formula is C25H25ClN4OS. The molecule has 1 fully saturated rings. The molecule has 2 aromatic heterocycles. The van der Waals surface area contributed by atoms with Crippen LogP contribution < -0.4 is 10.5 Å². The summed E-state index contributed by atoms with van der Waals surface area (Å²) in [5, 5.41) is 1.97. The van der Waals surface area contributed by atoms with Gasteiger partial charge in [-0.25, -0.2) is 4.98 Å². The van der Waals surface area contributed by atoms with Crippen LogP contribution in [-0.2, 0) is 6.42 Å². The summed E-state index contributed by atoms with van der Waals surface area (Å²) in [6.07, 6.45) is 3.27. The Balaban J connectivity index is 1.29. The fraction of sp³-hybridized carbons (Fsp3) is 0.320. The van der Waals surface area contributed by atoms with Crippen LogP contribution in [0.15, 0.2) is 53.3 Å². The molecule has 0 atom stereocenters. The number of hydrogen-bond acceptors (Lipinski definition) is 5. The van der Waals surface area contributed by atoms with Crippen LogP contribution in [-0.4, -0.2) is 27.0 Å². The Hall–Kier alpha value is -2.70. The van der Waals surface area contributed by atoms with Crippen molar-refractivity contribution in [2.24, 2.45) is 5.92 Å². The van der Waals surface area contributed by atoms with E-state index in [4.69, 9.17) is 16.0 Å². The zero-order chi connectivity index (χ0) is 22.2. The molecule has 0 bridgehead atoms. The molecule has 4 aromatic rings. The maximum absolute atomic E-state index is 12.5. The van der Waals surface area contributed by atoms with Crippen molar-refractivity contribution in [2.45, 2.75) is 33.1 Å². The maximum Gasteiger partial charge on any atom is 0.258 e. The highest BCUT2D eigenvalue weighted by atomic mass is 35.5. The number of fused-ring (bicyclic) bond motifs is 1. The molecule has 1 aliphatic heterocycles. The Kier molecular flexibility index (Phi) is 5.74. The summed E-state index contributed by atoms with van der Waals surface area (Å²) >= 11 is 8.28. The SMILES string of the molecule is Cc1cc(=O)n(-c2ccc(N3CCC(Cc4nsc5ccccc45)CC3)c(Cl)c2)c(C)n1. The van der Waals surface area contributed by atoms with Gasteiger partial charge in [0.15, 0.2) is 0 Å². The smallest absolute Gasteiger partial charge is 0.258 e. The number of hydrogen-bond donors (Lipinski definition) is 0. The standard InChI is InChI=1S/C25H25ClN4OS/c1-16-13-25(31)30(17(2)27-16)19-7-8-23(21(26)15-19)29-11-9-18(10-12-29)14-22-20-5-3-4-6-24(20)32-28-22/h3-8,13,15,18H,9-12,14H2,1-2H3. The number of aromatic nitrogens is 3. The first-order chi connectivity index (χ1) is 15.5. The van der Waals surface area contributed by atoms with Crippen LogP contribution in [0.3, 0.4) is 0 Å². The molecule has 0 unspecified atom stereocenters. The molecule has 0 radical (unpaired) electrons. The third kappa shape index (κ3) is 4.05. The summed E-state index contributed by atoms with van der Waals surface area (Å²) in [7, 11) is 0. The number of piperidine rings is 1. The highest BCUT2D eigenvalue weighted by Crippen LogP contribution is 2.33. The molecule has 1 aliphatic rings. The Labute approximate surface area is 196 Å². The lowest BCUT2D eigenvalue weighted by atomic mass is 9.91. The van der Waals surface area contributed by atoms with Crippen molar-refractivity contribution in [1.29, 1.82) is 0 Å². The number of benzene rings is 2. The van der Waals surface area contributed by atoms with Gasteiger partial charge in [0, 0.05) is 30.2 Å². The molecule has 3 heterocycles. The minimum Gasteiger partial charge on any atom is -0.370 e. The van der Waals surface area contributed by atoms with Crippen molar-refractivity contribution in [1.82, 2.24) is 13.9 Å². The highest BCUT2D eigenvalue weighted by Gasteiger charge is 2.23. The predicted molar refractivity (Wildman–Crippen MR) is 133 cm³/mol. The fourth-order valence-corrected chi connectivity index (χ4v) is 5.78. The van der Waals surface area contributed by atoms with Crippen molar-refractivity contribution < 1.29 is 0 Å². The second kappa shape index (κ2) is 8.68. The first-order valence-corrected chi connectivity index (χ1v) is 12.1. The minimum absolute atomic E-state index is 0.0887. The van der Waals surface area contributed by atoms with E-state index < -0.39 is 0 Å². The molecule has 5 nitrogen and oxygen atoms in total. The Morgan fingerprint density at radius 1 is 1.09 bits per heavy atom. The van der Waals surface area contributed by atoms with E-state index in [0.717, 1.165) is 49.4 Å². The van der Waals surface area contributed by atoms with Crippen LogP contribution in [0.1, 0.15) is 30.1 Å². The minimum atomic E-state index is -0.0887. The van der Waals surface area contributed by atoms with Crippen LogP contribution in [0.5, 0.6) is 0 Å². The lowest BCUT2D eigenvalue weighted by Gasteiger charge is -2.34. The molecule has 0 N–H and O–H groups in total. The van der Waals surface area contributed by atoms with Gasteiger partial charge < -0.3 is 4.90 Å². The average Bonchev–Trinajstić information content (AvgIpc) is 3.17. The van der Waals surface area contributed by atoms with Crippen LogP contribution in [0.25, 0.3) is 15.8 Å². The molecule has 7 heteroatoms. The zero-order valence-electron chi connectivity index (χ0n) is 18.2. The Morgan fingerprint density at radius 3 is 2.62 bits per heavy atom. The quantitative estimate of drug-likeness (QED) is 0.396. The van der Waals surface area contributed by atoms with E-state index in [9.17, 15) is 4.79 Å². The van der Waals surface area contributed by atoms with E-state index in [2.05, 4.69) is 34.1 Å². The number of nitrogens with zero attached hydrogens (tertiary/aromatic N) is 4. The van der Waals surface area contributed by atoms with Crippen molar-refractivity contribution in [2.75, 3.05) is 18.0 Å². The fourth-order valence-electron chi connectivity index (χ4n) is 4.68. The van der Waals surface area contributed by atoms with Gasteiger partial charge in [-0.3, -0.25) is 9.36 Å². The monoisotopic (exact) mass is 464 g/mol. The van der Waals surface area contributed by atoms with Gasteiger partial charge in [-0.05, 0) is 74.8 Å². The Bertz CT molecular complexity index is 1340. The summed E-state index contributed by atoms with van der Waals surface area (Å²) < 4.78 is 7.59. The molecule has 0 saturated carbocycles. The molecule has 164 valence electrons. The Morgan fingerprint density at radius 2 is 1.88 bits per heavy atom. The topological polar surface area (TPSA) is 51.0 Å². The van der Waals surface area contributed by atoms with E-state index >= 15 is 0 Å². The predicted octanol–water partition coefficient (Wildman–Crippen LogP) is 5.57. The number of aryl methyl sites for hydroxylation is 2. The lowest BCUT2D eigenvalue weighted by molar-refractivity contribution is 0.402. The van der Waals surface area contributed by atoms with Crippen molar-refractivity contribution >= 4 is 38.9 Å². The number of rotatable bonds is 4. The van der Waals surface area contributed by atoms with Crippen LogP contribution >= 0.6 is 23.1 Å². The third-order valence-corrected chi connectivity index (χ3v) is 7.46. The van der Waals surface area contributed by atoms with E-state index in [0.29, 0.717) is 16.8 Å². The third-order valence-electron chi connectivity index (χ3n) is 6.29. The summed E-state index contributed by atoms with van der Waals surface area (Å²) in [6.45, 7) is 5.61. The molecule has 2 aromatic carbocycles. The molecule has 0 amide bonds. The summed E-state index contributed by atoms with van der Waals surface area (Å²) in [5.41, 5.74) is 3.64.